The van der Waals surface area contributed by atoms with Crippen LogP contribution in [0.25, 0.3) is 16.8 Å². The van der Waals surface area contributed by atoms with E-state index in [1.54, 1.807) is 30.5 Å². The van der Waals surface area contributed by atoms with Gasteiger partial charge in [0.15, 0.2) is 4.80 Å². The Morgan fingerprint density at radius 2 is 1.74 bits per heavy atom. The van der Waals surface area contributed by atoms with Gasteiger partial charge < -0.3 is 9.47 Å². The van der Waals surface area contributed by atoms with E-state index >= 15 is 0 Å². The van der Waals surface area contributed by atoms with E-state index in [9.17, 15) is 9.59 Å². The summed E-state index contributed by atoms with van der Waals surface area (Å²) in [6, 6.07) is 28.4. The van der Waals surface area contributed by atoms with E-state index in [2.05, 4.69) is 29.3 Å². The number of allylic oxidation sites excluding steroid dienone is 1. The van der Waals surface area contributed by atoms with E-state index in [-0.39, 0.29) is 12.2 Å². The number of rotatable bonds is 7. The summed E-state index contributed by atoms with van der Waals surface area (Å²) in [6.07, 6.45) is 1.82. The molecule has 4 aromatic carbocycles. The number of halogens is 1. The number of esters is 1. The highest BCUT2D eigenvalue weighted by atomic mass is 35.5. The summed E-state index contributed by atoms with van der Waals surface area (Å²) in [6.45, 7) is 4.11. The van der Waals surface area contributed by atoms with Gasteiger partial charge in [0.25, 0.3) is 5.56 Å². The lowest BCUT2D eigenvalue weighted by atomic mass is 9.96. The van der Waals surface area contributed by atoms with E-state index in [1.807, 2.05) is 60.7 Å². The number of carbonyl (C=O) groups excluding carboxylic acids is 1. The van der Waals surface area contributed by atoms with Crippen molar-refractivity contribution in [1.29, 1.82) is 0 Å². The zero-order chi connectivity index (χ0) is 29.2. The Labute approximate surface area is 251 Å². The van der Waals surface area contributed by atoms with Crippen molar-refractivity contribution in [3.8, 4) is 5.75 Å². The highest BCUT2D eigenvalue weighted by Gasteiger charge is 2.33. The van der Waals surface area contributed by atoms with Gasteiger partial charge >= 0.3 is 5.97 Å². The van der Waals surface area contributed by atoms with Gasteiger partial charge in [-0.3, -0.25) is 9.36 Å². The van der Waals surface area contributed by atoms with Gasteiger partial charge in [0.1, 0.15) is 12.4 Å². The maximum Gasteiger partial charge on any atom is 0.338 e. The molecule has 1 atom stereocenters. The first-order chi connectivity index (χ1) is 20.4. The average molecular weight is 595 g/mol. The Bertz CT molecular complexity index is 2020. The third kappa shape index (κ3) is 5.29. The zero-order valence-electron chi connectivity index (χ0n) is 23.0. The highest BCUT2D eigenvalue weighted by molar-refractivity contribution is 7.07. The van der Waals surface area contributed by atoms with Crippen molar-refractivity contribution >= 4 is 45.8 Å². The average Bonchev–Trinajstić information content (AvgIpc) is 3.30. The molecule has 0 spiro atoms. The van der Waals surface area contributed by atoms with Gasteiger partial charge in [-0.2, -0.15) is 0 Å². The molecule has 0 amide bonds. The third-order valence-corrected chi connectivity index (χ3v) is 8.41. The monoisotopic (exact) mass is 594 g/mol. The minimum atomic E-state index is -0.697. The molecular weight excluding hydrogens is 568 g/mol. The van der Waals surface area contributed by atoms with E-state index in [4.69, 9.17) is 21.1 Å². The molecule has 0 N–H and O–H groups in total. The number of fused-ring (bicyclic) bond motifs is 2. The van der Waals surface area contributed by atoms with Crippen molar-refractivity contribution in [3.05, 3.63) is 144 Å². The molecule has 0 bridgehead atoms. The number of para-hydroxylation sites is 1. The minimum Gasteiger partial charge on any atom is -0.488 e. The maximum absolute atomic E-state index is 14.0. The van der Waals surface area contributed by atoms with Gasteiger partial charge in [-0.15, -0.1) is 0 Å². The Hall–Kier alpha value is -4.46. The predicted octanol–water partition coefficient (Wildman–Crippen LogP) is 6.18. The molecule has 8 heteroatoms. The molecule has 6 rings (SSSR count). The molecule has 42 heavy (non-hydrogen) atoms. The van der Waals surface area contributed by atoms with Crippen LogP contribution in [-0.4, -0.2) is 17.1 Å². The number of hydrogen-bond donors (Lipinski definition) is 0. The van der Waals surface area contributed by atoms with Crippen LogP contribution in [-0.2, 0) is 16.1 Å². The molecule has 2 heterocycles. The van der Waals surface area contributed by atoms with Crippen LogP contribution in [0.2, 0.25) is 5.02 Å². The van der Waals surface area contributed by atoms with E-state index in [0.29, 0.717) is 38.0 Å². The molecule has 0 fully saturated rings. The van der Waals surface area contributed by atoms with Crippen LogP contribution in [0.5, 0.6) is 5.75 Å². The van der Waals surface area contributed by atoms with Crippen molar-refractivity contribution < 1.29 is 14.3 Å². The summed E-state index contributed by atoms with van der Waals surface area (Å²) in [5.41, 5.74) is 3.18. The summed E-state index contributed by atoms with van der Waals surface area (Å²) in [4.78, 5) is 32.2. The van der Waals surface area contributed by atoms with Crippen molar-refractivity contribution in [1.82, 2.24) is 4.57 Å². The topological polar surface area (TPSA) is 69.9 Å². The first-order valence-corrected chi connectivity index (χ1v) is 14.8. The van der Waals surface area contributed by atoms with Crippen molar-refractivity contribution in [2.24, 2.45) is 4.99 Å². The molecule has 210 valence electrons. The van der Waals surface area contributed by atoms with Crippen LogP contribution in [0.4, 0.5) is 0 Å². The van der Waals surface area contributed by atoms with Crippen molar-refractivity contribution in [2.75, 3.05) is 6.61 Å². The Balaban J connectivity index is 1.42. The van der Waals surface area contributed by atoms with Gasteiger partial charge in [0.2, 0.25) is 0 Å². The first kappa shape index (κ1) is 27.7. The molecule has 0 saturated carbocycles. The first-order valence-electron chi connectivity index (χ1n) is 13.6. The van der Waals surface area contributed by atoms with Crippen LogP contribution in [0.15, 0.2) is 112 Å². The lowest BCUT2D eigenvalue weighted by Crippen LogP contribution is -2.39. The number of aromatic nitrogens is 1. The number of ether oxygens (including phenoxy) is 2. The second kappa shape index (κ2) is 11.8. The highest BCUT2D eigenvalue weighted by Crippen LogP contribution is 2.31. The second-order valence-electron chi connectivity index (χ2n) is 9.82. The minimum absolute atomic E-state index is 0.211. The van der Waals surface area contributed by atoms with Crippen molar-refractivity contribution in [2.45, 2.75) is 26.5 Å². The van der Waals surface area contributed by atoms with Crippen molar-refractivity contribution in [3.63, 3.8) is 0 Å². The molecule has 0 aliphatic carbocycles. The second-order valence-corrected chi connectivity index (χ2v) is 11.3. The van der Waals surface area contributed by atoms with Gasteiger partial charge in [-0.05, 0) is 60.0 Å². The number of benzene rings is 4. The number of thiazole rings is 1. The maximum atomic E-state index is 14.0. The van der Waals surface area contributed by atoms with Crippen LogP contribution in [0.3, 0.4) is 0 Å². The molecule has 1 aliphatic rings. The molecule has 0 unspecified atom stereocenters. The lowest BCUT2D eigenvalue weighted by Gasteiger charge is -2.24. The molecular formula is C34H27ClN2O4S. The molecule has 5 aromatic rings. The fourth-order valence-electron chi connectivity index (χ4n) is 5.20. The quantitative estimate of drug-likeness (QED) is 0.211. The summed E-state index contributed by atoms with van der Waals surface area (Å²) in [7, 11) is 0. The van der Waals surface area contributed by atoms with Gasteiger partial charge in [-0.25, -0.2) is 9.79 Å². The summed E-state index contributed by atoms with van der Waals surface area (Å²) >= 11 is 7.43. The fraction of sp³-hybridized carbons (Fsp3) is 0.147. The predicted molar refractivity (Wildman–Crippen MR) is 167 cm³/mol. The van der Waals surface area contributed by atoms with E-state index in [1.165, 1.54) is 11.3 Å². The number of carbonyl (C=O) groups is 1. The van der Waals surface area contributed by atoms with E-state index < -0.39 is 12.0 Å². The van der Waals surface area contributed by atoms with Gasteiger partial charge in [-0.1, -0.05) is 95.7 Å². The normalized spacial score (nSPS) is 14.9. The van der Waals surface area contributed by atoms with Gasteiger partial charge in [0, 0.05) is 10.6 Å². The van der Waals surface area contributed by atoms with Crippen LogP contribution in [0, 0.1) is 0 Å². The molecule has 0 saturated heterocycles. The summed E-state index contributed by atoms with van der Waals surface area (Å²) in [5.74, 6) is 0.161. The Kier molecular flexibility index (Phi) is 7.78. The van der Waals surface area contributed by atoms with Crippen LogP contribution in [0.1, 0.15) is 36.6 Å². The smallest absolute Gasteiger partial charge is 0.338 e. The summed E-state index contributed by atoms with van der Waals surface area (Å²) < 4.78 is 13.7. The number of nitrogens with zero attached hydrogens (tertiary/aromatic N) is 2. The molecule has 1 aromatic heterocycles. The Morgan fingerprint density at radius 1 is 1.00 bits per heavy atom. The molecule has 6 nitrogen and oxygen atoms in total. The SMILES string of the molecule is CCOC(=O)C1=C(C)N=c2s/c(=C\c3ccccc3OCc3cccc4ccccc34)c(=O)n2[C@H]1c1ccc(Cl)cc1. The van der Waals surface area contributed by atoms with Gasteiger partial charge in [0.05, 0.1) is 28.5 Å². The number of hydrogen-bond acceptors (Lipinski definition) is 6. The zero-order valence-corrected chi connectivity index (χ0v) is 24.6. The standard InChI is InChI=1S/C34H27ClN2O4S/c1-3-40-33(39)30-21(2)36-34-37(31(30)23-15-17-26(35)18-16-23)32(38)29(42-34)19-24-10-5-7-14-28(24)41-20-25-12-8-11-22-9-4-6-13-27(22)25/h4-19,31H,3,20H2,1-2H3/b29-19-/t31-/m0/s1. The molecule has 0 radical (unpaired) electrons. The largest absolute Gasteiger partial charge is 0.488 e. The summed E-state index contributed by atoms with van der Waals surface area (Å²) in [5, 5.41) is 2.85. The third-order valence-electron chi connectivity index (χ3n) is 7.17. The van der Waals surface area contributed by atoms with Crippen LogP contribution >= 0.6 is 22.9 Å². The van der Waals surface area contributed by atoms with E-state index in [0.717, 1.165) is 27.5 Å². The van der Waals surface area contributed by atoms with Crippen LogP contribution < -0.4 is 19.6 Å². The lowest BCUT2D eigenvalue weighted by molar-refractivity contribution is -0.139. The molecule has 1 aliphatic heterocycles. The Morgan fingerprint density at radius 3 is 2.55 bits per heavy atom. The fourth-order valence-corrected chi connectivity index (χ4v) is 6.36.